The van der Waals surface area contributed by atoms with Crippen LogP contribution in [-0.2, 0) is 6.54 Å². The lowest BCUT2D eigenvalue weighted by molar-refractivity contribution is 0.112. The predicted molar refractivity (Wildman–Crippen MR) is 181 cm³/mol. The fourth-order valence-electron chi connectivity index (χ4n) is 6.14. The number of aryl methyl sites for hydroxylation is 1. The molecule has 0 atom stereocenters. The minimum absolute atomic E-state index is 0.430. The molecule has 8 nitrogen and oxygen atoms in total. The highest BCUT2D eigenvalue weighted by Gasteiger charge is 2.20. The molecule has 0 aliphatic carbocycles. The number of carbonyl (C=O) groups is 1. The fraction of sp³-hybridized carbons (Fsp3) is 0.189. The van der Waals surface area contributed by atoms with Gasteiger partial charge in [-0.3, -0.25) is 14.3 Å². The molecule has 0 spiro atoms. The molecule has 0 radical (unpaired) electrons. The molecule has 1 fully saturated rings. The summed E-state index contributed by atoms with van der Waals surface area (Å²) in [6.07, 6.45) is 3.70. The molecule has 1 aliphatic heterocycles. The van der Waals surface area contributed by atoms with Gasteiger partial charge in [0, 0.05) is 61.4 Å². The van der Waals surface area contributed by atoms with E-state index in [0.717, 1.165) is 90.2 Å². The highest BCUT2D eigenvalue weighted by molar-refractivity contribution is 5.84. The zero-order chi connectivity index (χ0) is 30.8. The van der Waals surface area contributed by atoms with Crippen LogP contribution in [0.3, 0.4) is 0 Å². The van der Waals surface area contributed by atoms with Gasteiger partial charge in [-0.05, 0) is 79.1 Å². The second kappa shape index (κ2) is 12.3. The normalized spacial score (nSPS) is 14.0. The lowest BCUT2D eigenvalue weighted by Gasteiger charge is -2.24. The average molecular weight is 594 g/mol. The van der Waals surface area contributed by atoms with Gasteiger partial charge in [0.05, 0.1) is 11.3 Å². The number of fused-ring (bicyclic) bond motifs is 1. The van der Waals surface area contributed by atoms with Crippen molar-refractivity contribution >= 4 is 29.0 Å². The van der Waals surface area contributed by atoms with Crippen LogP contribution in [0.1, 0.15) is 27.9 Å². The first kappa shape index (κ1) is 28.4. The van der Waals surface area contributed by atoms with Crippen LogP contribution < -0.4 is 10.6 Å². The van der Waals surface area contributed by atoms with Crippen LogP contribution >= 0.6 is 0 Å². The third kappa shape index (κ3) is 5.80. The maximum atomic E-state index is 11.3. The van der Waals surface area contributed by atoms with E-state index in [4.69, 9.17) is 15.7 Å². The Labute approximate surface area is 262 Å². The third-order valence-corrected chi connectivity index (χ3v) is 8.59. The number of hydrogen-bond acceptors (Lipinski definition) is 7. The molecule has 3 aromatic carbocycles. The Morgan fingerprint density at radius 1 is 0.822 bits per heavy atom. The lowest BCUT2D eigenvalue weighted by atomic mass is 10.1. The fourth-order valence-corrected chi connectivity index (χ4v) is 6.14. The number of benzene rings is 3. The number of pyridine rings is 2. The second-order valence-corrected chi connectivity index (χ2v) is 11.6. The molecule has 6 aromatic rings. The number of hydrogen-bond donors (Lipinski definition) is 1. The minimum Gasteiger partial charge on any atom is -0.383 e. The molecule has 1 aliphatic rings. The van der Waals surface area contributed by atoms with Crippen LogP contribution in [0, 0.1) is 6.92 Å². The first-order chi connectivity index (χ1) is 22.1. The summed E-state index contributed by atoms with van der Waals surface area (Å²) in [6.45, 7) is 6.83. The van der Waals surface area contributed by atoms with E-state index in [1.165, 1.54) is 11.3 Å². The van der Waals surface area contributed by atoms with Gasteiger partial charge in [0.15, 0.2) is 11.5 Å². The first-order valence-electron chi connectivity index (χ1n) is 15.4. The maximum absolute atomic E-state index is 11.3. The van der Waals surface area contributed by atoms with Crippen molar-refractivity contribution in [2.24, 2.45) is 0 Å². The van der Waals surface area contributed by atoms with Gasteiger partial charge in [0.2, 0.25) is 0 Å². The van der Waals surface area contributed by atoms with Gasteiger partial charge in [0.25, 0.3) is 0 Å². The minimum atomic E-state index is 0.430. The Hall–Kier alpha value is -5.34. The van der Waals surface area contributed by atoms with Crippen LogP contribution in [-0.4, -0.2) is 56.9 Å². The van der Waals surface area contributed by atoms with Gasteiger partial charge in [-0.1, -0.05) is 42.5 Å². The standard InChI is InChI=1S/C37H35N7O/c1-26-23-31(15-12-29(26)25-45)43-20-6-19-42(21-22-43)24-27-10-13-30(14-11-27)44-36(32-9-5-18-39-35(32)38)41-34-17-16-33(40-37(34)44)28-7-3-2-4-8-28/h2-5,7-18,23,25H,6,19-22,24H2,1H3,(H2,38,39). The third-order valence-electron chi connectivity index (χ3n) is 8.59. The molecule has 4 heterocycles. The van der Waals surface area contributed by atoms with Gasteiger partial charge >= 0.3 is 0 Å². The summed E-state index contributed by atoms with van der Waals surface area (Å²) in [5.74, 6) is 1.14. The molecule has 224 valence electrons. The summed E-state index contributed by atoms with van der Waals surface area (Å²) in [5, 5.41) is 0. The smallest absolute Gasteiger partial charge is 0.165 e. The topological polar surface area (TPSA) is 93.2 Å². The molecule has 0 saturated carbocycles. The molecule has 45 heavy (non-hydrogen) atoms. The molecular formula is C37H35N7O. The monoisotopic (exact) mass is 593 g/mol. The number of aldehydes is 1. The number of imidazole rings is 1. The highest BCUT2D eigenvalue weighted by atomic mass is 16.1. The zero-order valence-electron chi connectivity index (χ0n) is 25.3. The van der Waals surface area contributed by atoms with E-state index in [-0.39, 0.29) is 0 Å². The van der Waals surface area contributed by atoms with Crippen molar-refractivity contribution in [2.45, 2.75) is 19.9 Å². The lowest BCUT2D eigenvalue weighted by Crippen LogP contribution is -2.30. The summed E-state index contributed by atoms with van der Waals surface area (Å²) >= 11 is 0. The molecule has 0 amide bonds. The van der Waals surface area contributed by atoms with Crippen molar-refractivity contribution < 1.29 is 4.79 Å². The van der Waals surface area contributed by atoms with E-state index in [1.54, 1.807) is 6.20 Å². The van der Waals surface area contributed by atoms with Crippen molar-refractivity contribution in [3.05, 3.63) is 120 Å². The maximum Gasteiger partial charge on any atom is 0.165 e. The van der Waals surface area contributed by atoms with Crippen molar-refractivity contribution in [2.75, 3.05) is 36.8 Å². The van der Waals surface area contributed by atoms with Crippen LogP contribution in [0.2, 0.25) is 0 Å². The van der Waals surface area contributed by atoms with E-state index < -0.39 is 0 Å². The van der Waals surface area contributed by atoms with Gasteiger partial charge in [-0.2, -0.15) is 0 Å². The number of nitrogens with zero attached hydrogens (tertiary/aromatic N) is 6. The van der Waals surface area contributed by atoms with E-state index >= 15 is 0 Å². The van der Waals surface area contributed by atoms with E-state index in [2.05, 4.69) is 67.9 Å². The molecule has 2 N–H and O–H groups in total. The number of rotatable bonds is 7. The summed E-state index contributed by atoms with van der Waals surface area (Å²) in [7, 11) is 0. The Bertz CT molecular complexity index is 1970. The van der Waals surface area contributed by atoms with E-state index in [9.17, 15) is 4.79 Å². The zero-order valence-corrected chi connectivity index (χ0v) is 25.3. The predicted octanol–water partition coefficient (Wildman–Crippen LogP) is 6.56. The number of nitrogens with two attached hydrogens (primary N) is 1. The first-order valence-corrected chi connectivity index (χ1v) is 15.4. The van der Waals surface area contributed by atoms with Crippen LogP contribution in [0.4, 0.5) is 11.5 Å². The van der Waals surface area contributed by atoms with Gasteiger partial charge in [0.1, 0.15) is 17.6 Å². The number of anilines is 2. The van der Waals surface area contributed by atoms with Crippen LogP contribution in [0.25, 0.3) is 39.5 Å². The van der Waals surface area contributed by atoms with Crippen molar-refractivity contribution in [1.82, 2.24) is 24.4 Å². The molecule has 0 unspecified atom stereocenters. The van der Waals surface area contributed by atoms with Crippen molar-refractivity contribution in [3.8, 4) is 28.3 Å². The highest BCUT2D eigenvalue weighted by Crippen LogP contribution is 2.32. The Kier molecular flexibility index (Phi) is 7.80. The van der Waals surface area contributed by atoms with Crippen LogP contribution in [0.5, 0.6) is 0 Å². The largest absolute Gasteiger partial charge is 0.383 e. The molecule has 1 saturated heterocycles. The van der Waals surface area contributed by atoms with Gasteiger partial charge in [-0.25, -0.2) is 15.0 Å². The van der Waals surface area contributed by atoms with E-state index in [0.29, 0.717) is 11.6 Å². The molecule has 7 rings (SSSR count). The SMILES string of the molecule is Cc1cc(N2CCCN(Cc3ccc(-n4c(-c5cccnc5N)nc5ccc(-c6ccccc6)nc54)cc3)CC2)ccc1C=O. The number of carbonyl (C=O) groups excluding carboxylic acids is 1. The van der Waals surface area contributed by atoms with Gasteiger partial charge < -0.3 is 10.6 Å². The molecule has 8 heteroatoms. The molecular weight excluding hydrogens is 558 g/mol. The Balaban J connectivity index is 1.16. The summed E-state index contributed by atoms with van der Waals surface area (Å²) in [5.41, 5.74) is 15.8. The van der Waals surface area contributed by atoms with E-state index in [1.807, 2.05) is 55.5 Å². The summed E-state index contributed by atoms with van der Waals surface area (Å²) < 4.78 is 2.08. The van der Waals surface area contributed by atoms with Crippen LogP contribution in [0.15, 0.2) is 103 Å². The summed E-state index contributed by atoms with van der Waals surface area (Å²) in [6, 6.07) is 32.8. The quantitative estimate of drug-likeness (QED) is 0.210. The average Bonchev–Trinajstić information content (AvgIpc) is 3.29. The van der Waals surface area contributed by atoms with Gasteiger partial charge in [-0.15, -0.1) is 0 Å². The van der Waals surface area contributed by atoms with Crippen molar-refractivity contribution in [3.63, 3.8) is 0 Å². The number of aromatic nitrogens is 4. The number of nitrogen functional groups attached to an aromatic ring is 1. The molecule has 3 aromatic heterocycles. The Morgan fingerprint density at radius 2 is 1.64 bits per heavy atom. The second-order valence-electron chi connectivity index (χ2n) is 11.6. The Morgan fingerprint density at radius 3 is 2.42 bits per heavy atom. The van der Waals surface area contributed by atoms with Crippen molar-refractivity contribution in [1.29, 1.82) is 0 Å². The summed E-state index contributed by atoms with van der Waals surface area (Å²) in [4.78, 5) is 30.6. The molecule has 0 bridgehead atoms.